The summed E-state index contributed by atoms with van der Waals surface area (Å²) in [7, 11) is 0. The third-order valence-electron chi connectivity index (χ3n) is 5.54. The first kappa shape index (κ1) is 21.8. The van der Waals surface area contributed by atoms with E-state index >= 15 is 0 Å². The lowest BCUT2D eigenvalue weighted by atomic mass is 10.1. The topological polar surface area (TPSA) is 71.5 Å². The number of aromatic nitrogens is 1. The highest BCUT2D eigenvalue weighted by Gasteiger charge is 2.33. The molecule has 0 bridgehead atoms. The van der Waals surface area contributed by atoms with Crippen LogP contribution in [0.4, 0.5) is 15.8 Å². The lowest BCUT2D eigenvalue weighted by Crippen LogP contribution is -2.49. The molecule has 0 aliphatic carbocycles. The monoisotopic (exact) mass is 473 g/mol. The van der Waals surface area contributed by atoms with Crippen molar-refractivity contribution in [3.63, 3.8) is 0 Å². The van der Waals surface area contributed by atoms with Gasteiger partial charge in [-0.3, -0.25) is 14.5 Å². The van der Waals surface area contributed by atoms with E-state index in [1.54, 1.807) is 13.0 Å². The average molecular weight is 474 g/mol. The Bertz CT molecular complexity index is 1360. The van der Waals surface area contributed by atoms with Crippen LogP contribution >= 0.6 is 11.3 Å². The summed E-state index contributed by atoms with van der Waals surface area (Å²) >= 11 is 1.54. The molecule has 1 N–H and O–H groups in total. The van der Waals surface area contributed by atoms with Gasteiger partial charge < -0.3 is 10.1 Å². The number of carbonyl (C=O) groups excluding carboxylic acids is 2. The molecule has 3 aromatic carbocycles. The summed E-state index contributed by atoms with van der Waals surface area (Å²) in [5.74, 6) is -0.593. The van der Waals surface area contributed by atoms with Crippen LogP contribution < -0.4 is 15.0 Å². The number of fused-ring (bicyclic) bond motifs is 1. The Morgan fingerprint density at radius 2 is 1.85 bits per heavy atom. The minimum absolute atomic E-state index is 0.157. The van der Waals surface area contributed by atoms with Gasteiger partial charge in [0.25, 0.3) is 5.91 Å². The van der Waals surface area contributed by atoms with Crippen LogP contribution in [0.2, 0.25) is 0 Å². The van der Waals surface area contributed by atoms with Gasteiger partial charge in [0.1, 0.15) is 22.6 Å². The largest absolute Gasteiger partial charge is 0.482 e. The highest BCUT2D eigenvalue weighted by atomic mass is 32.1. The number of halogens is 1. The molecular formula is C26H20FN3O3S. The smallest absolute Gasteiger partial charge is 0.265 e. The Kier molecular flexibility index (Phi) is 5.81. The first-order valence-corrected chi connectivity index (χ1v) is 11.5. The van der Waals surface area contributed by atoms with Gasteiger partial charge >= 0.3 is 0 Å². The second-order valence-corrected chi connectivity index (χ2v) is 8.67. The van der Waals surface area contributed by atoms with Gasteiger partial charge in [-0.1, -0.05) is 30.3 Å². The fraction of sp³-hybridized carbons (Fsp3) is 0.115. The Morgan fingerprint density at radius 3 is 2.62 bits per heavy atom. The van der Waals surface area contributed by atoms with Gasteiger partial charge in [-0.2, -0.15) is 0 Å². The van der Waals surface area contributed by atoms with Crippen molar-refractivity contribution in [3.8, 4) is 27.6 Å². The number of carbonyl (C=O) groups is 2. The quantitative estimate of drug-likeness (QED) is 0.423. The normalized spacial score (nSPS) is 13.7. The van der Waals surface area contributed by atoms with Crippen molar-refractivity contribution in [3.05, 3.63) is 84.0 Å². The Balaban J connectivity index is 1.44. The molecule has 5 rings (SSSR count). The number of anilines is 2. The van der Waals surface area contributed by atoms with Gasteiger partial charge in [0.05, 0.1) is 11.4 Å². The second kappa shape index (κ2) is 9.07. The van der Waals surface area contributed by atoms with Gasteiger partial charge in [0, 0.05) is 22.2 Å². The number of nitrogens with zero attached hydrogens (tertiary/aromatic N) is 2. The van der Waals surface area contributed by atoms with E-state index in [2.05, 4.69) is 5.32 Å². The standard InChI is InChI=1S/C26H20FN3O3S/c1-16(25(32)28-20-10-8-19(27)9-11-20)30-22-13-18(7-12-23(22)33-14-24(30)31)21-15-34-26(29-21)17-5-3-2-4-6-17/h2-13,15-16H,14H2,1H3,(H,28,32). The fourth-order valence-electron chi connectivity index (χ4n) is 3.77. The maximum absolute atomic E-state index is 13.2. The SMILES string of the molecule is CC(C(=O)Nc1ccc(F)cc1)N1C(=O)COc2ccc(-c3csc(-c4ccccc4)n3)cc21. The minimum Gasteiger partial charge on any atom is -0.482 e. The molecule has 1 aliphatic heterocycles. The zero-order chi connectivity index (χ0) is 23.7. The zero-order valence-electron chi connectivity index (χ0n) is 18.2. The number of rotatable bonds is 5. The molecule has 1 aromatic heterocycles. The van der Waals surface area contributed by atoms with Crippen molar-refractivity contribution in [2.45, 2.75) is 13.0 Å². The summed E-state index contributed by atoms with van der Waals surface area (Å²) in [5, 5.41) is 5.59. The van der Waals surface area contributed by atoms with E-state index in [0.717, 1.165) is 21.8 Å². The second-order valence-electron chi connectivity index (χ2n) is 7.81. The van der Waals surface area contributed by atoms with Gasteiger partial charge in [-0.15, -0.1) is 11.3 Å². The van der Waals surface area contributed by atoms with E-state index < -0.39 is 17.8 Å². The van der Waals surface area contributed by atoms with Crippen LogP contribution in [0.15, 0.2) is 78.2 Å². The molecule has 4 aromatic rings. The number of amides is 2. The lowest BCUT2D eigenvalue weighted by molar-refractivity contribution is -0.125. The Labute approximate surface area is 199 Å². The maximum Gasteiger partial charge on any atom is 0.265 e. The van der Waals surface area contributed by atoms with Crippen molar-refractivity contribution in [1.82, 2.24) is 4.98 Å². The lowest BCUT2D eigenvalue weighted by Gasteiger charge is -2.33. The molecule has 8 heteroatoms. The van der Waals surface area contributed by atoms with E-state index in [-0.39, 0.29) is 12.5 Å². The fourth-order valence-corrected chi connectivity index (χ4v) is 4.61. The number of hydrogen-bond donors (Lipinski definition) is 1. The molecule has 0 saturated heterocycles. The predicted molar refractivity (Wildman–Crippen MR) is 130 cm³/mol. The molecule has 1 atom stereocenters. The van der Waals surface area contributed by atoms with Crippen molar-refractivity contribution >= 4 is 34.5 Å². The zero-order valence-corrected chi connectivity index (χ0v) is 19.0. The summed E-state index contributed by atoms with van der Waals surface area (Å²) < 4.78 is 18.8. The first-order chi connectivity index (χ1) is 16.5. The van der Waals surface area contributed by atoms with E-state index in [0.29, 0.717) is 17.1 Å². The summed E-state index contributed by atoms with van der Waals surface area (Å²) in [4.78, 5) is 31.9. The number of thiazole rings is 1. The molecule has 170 valence electrons. The third-order valence-corrected chi connectivity index (χ3v) is 6.43. The van der Waals surface area contributed by atoms with E-state index in [1.165, 1.54) is 40.5 Å². The van der Waals surface area contributed by atoms with Crippen molar-refractivity contribution in [1.29, 1.82) is 0 Å². The highest BCUT2D eigenvalue weighted by Crippen LogP contribution is 2.38. The van der Waals surface area contributed by atoms with Gasteiger partial charge in [0.2, 0.25) is 5.91 Å². The third kappa shape index (κ3) is 4.27. The molecule has 0 spiro atoms. The van der Waals surface area contributed by atoms with Crippen LogP contribution in [-0.2, 0) is 9.59 Å². The first-order valence-electron chi connectivity index (χ1n) is 10.7. The van der Waals surface area contributed by atoms with Crippen molar-refractivity contribution in [2.75, 3.05) is 16.8 Å². The average Bonchev–Trinajstić information content (AvgIpc) is 3.36. The van der Waals surface area contributed by atoms with Gasteiger partial charge in [-0.25, -0.2) is 9.37 Å². The molecule has 0 saturated carbocycles. The van der Waals surface area contributed by atoms with Crippen molar-refractivity contribution < 1.29 is 18.7 Å². The molecule has 2 heterocycles. The number of ether oxygens (including phenoxy) is 1. The molecule has 0 radical (unpaired) electrons. The van der Waals surface area contributed by atoms with Crippen LogP contribution in [0.3, 0.4) is 0 Å². The summed E-state index contributed by atoms with van der Waals surface area (Å²) in [6, 6.07) is 20.1. The maximum atomic E-state index is 13.2. The van der Waals surface area contributed by atoms with Crippen LogP contribution in [0.1, 0.15) is 6.92 Å². The number of nitrogens with one attached hydrogen (secondary N) is 1. The minimum atomic E-state index is -0.814. The number of benzene rings is 3. The van der Waals surface area contributed by atoms with E-state index in [9.17, 15) is 14.0 Å². The summed E-state index contributed by atoms with van der Waals surface area (Å²) in [5.41, 5.74) is 3.57. The van der Waals surface area contributed by atoms with Crippen LogP contribution in [0.25, 0.3) is 21.8 Å². The summed E-state index contributed by atoms with van der Waals surface area (Å²) in [6.45, 7) is 1.49. The molecule has 6 nitrogen and oxygen atoms in total. The molecule has 0 fully saturated rings. The van der Waals surface area contributed by atoms with Gasteiger partial charge in [0.15, 0.2) is 6.61 Å². The van der Waals surface area contributed by atoms with Gasteiger partial charge in [-0.05, 0) is 49.4 Å². The van der Waals surface area contributed by atoms with Crippen LogP contribution in [-0.4, -0.2) is 29.4 Å². The Morgan fingerprint density at radius 1 is 1.09 bits per heavy atom. The molecule has 2 amide bonds. The van der Waals surface area contributed by atoms with Crippen molar-refractivity contribution in [2.24, 2.45) is 0 Å². The summed E-state index contributed by atoms with van der Waals surface area (Å²) in [6.07, 6.45) is 0. The van der Waals surface area contributed by atoms with Crippen LogP contribution in [0.5, 0.6) is 5.75 Å². The van der Waals surface area contributed by atoms with E-state index in [1.807, 2.05) is 47.8 Å². The molecule has 34 heavy (non-hydrogen) atoms. The predicted octanol–water partition coefficient (Wildman–Crippen LogP) is 5.37. The number of hydrogen-bond acceptors (Lipinski definition) is 5. The molecule has 1 unspecified atom stereocenters. The molecule has 1 aliphatic rings. The highest BCUT2D eigenvalue weighted by molar-refractivity contribution is 7.13. The van der Waals surface area contributed by atoms with E-state index in [4.69, 9.17) is 9.72 Å². The molecular weight excluding hydrogens is 453 g/mol. The van der Waals surface area contributed by atoms with Crippen LogP contribution in [0, 0.1) is 5.82 Å². The Hall–Kier alpha value is -4.04.